The molecule has 0 unspecified atom stereocenters. The standard InChI is InChI=1S/C9H9ClNO/c1-11(2)9(12)7-4-3-5-8(10)6-7/h3-4,6H,1-2H3. The van der Waals surface area contributed by atoms with Gasteiger partial charge in [-0.1, -0.05) is 17.7 Å². The Morgan fingerprint density at radius 3 is 2.75 bits per heavy atom. The maximum atomic E-state index is 11.4. The highest BCUT2D eigenvalue weighted by molar-refractivity contribution is 6.30. The van der Waals surface area contributed by atoms with Crippen LogP contribution in [0.2, 0.25) is 5.02 Å². The summed E-state index contributed by atoms with van der Waals surface area (Å²) in [5.41, 5.74) is 0.587. The summed E-state index contributed by atoms with van der Waals surface area (Å²) in [4.78, 5) is 12.9. The van der Waals surface area contributed by atoms with Crippen molar-refractivity contribution >= 4 is 17.5 Å². The molecule has 0 heterocycles. The summed E-state index contributed by atoms with van der Waals surface area (Å²) >= 11 is 5.67. The summed E-state index contributed by atoms with van der Waals surface area (Å²) in [6.07, 6.45) is 0. The molecule has 1 amide bonds. The smallest absolute Gasteiger partial charge is 0.253 e. The molecule has 0 saturated heterocycles. The second-order valence-electron chi connectivity index (χ2n) is 2.62. The lowest BCUT2D eigenvalue weighted by Gasteiger charge is -2.09. The van der Waals surface area contributed by atoms with Crippen LogP contribution in [0.25, 0.3) is 0 Å². The molecule has 0 fully saturated rings. The molecule has 0 aliphatic rings. The fourth-order valence-electron chi connectivity index (χ4n) is 0.829. The molecule has 1 aromatic carbocycles. The predicted octanol–water partition coefficient (Wildman–Crippen LogP) is 1.84. The van der Waals surface area contributed by atoms with E-state index in [4.69, 9.17) is 11.6 Å². The molecule has 0 aromatic heterocycles. The highest BCUT2D eigenvalue weighted by Gasteiger charge is 2.06. The van der Waals surface area contributed by atoms with Crippen LogP contribution in [0.3, 0.4) is 0 Å². The largest absolute Gasteiger partial charge is 0.345 e. The van der Waals surface area contributed by atoms with E-state index in [0.29, 0.717) is 10.6 Å². The van der Waals surface area contributed by atoms with Crippen LogP contribution >= 0.6 is 11.6 Å². The Morgan fingerprint density at radius 1 is 1.58 bits per heavy atom. The summed E-state index contributed by atoms with van der Waals surface area (Å²) in [7, 11) is 3.40. The Balaban J connectivity index is 2.96. The summed E-state index contributed by atoms with van der Waals surface area (Å²) in [6, 6.07) is 7.69. The minimum atomic E-state index is -0.0501. The zero-order valence-corrected chi connectivity index (χ0v) is 7.72. The van der Waals surface area contributed by atoms with Crippen molar-refractivity contribution in [1.29, 1.82) is 0 Å². The van der Waals surface area contributed by atoms with Gasteiger partial charge in [0.2, 0.25) is 0 Å². The molecule has 1 rings (SSSR count). The number of halogens is 1. The van der Waals surface area contributed by atoms with E-state index in [1.807, 2.05) is 0 Å². The van der Waals surface area contributed by atoms with E-state index in [0.717, 1.165) is 0 Å². The highest BCUT2D eigenvalue weighted by atomic mass is 35.5. The van der Waals surface area contributed by atoms with E-state index in [2.05, 4.69) is 6.07 Å². The first-order valence-corrected chi connectivity index (χ1v) is 3.88. The fraction of sp³-hybridized carbons (Fsp3) is 0.222. The average Bonchev–Trinajstić information content (AvgIpc) is 2.03. The zero-order chi connectivity index (χ0) is 9.14. The lowest BCUT2D eigenvalue weighted by Crippen LogP contribution is -2.21. The fourth-order valence-corrected chi connectivity index (χ4v) is 1.01. The van der Waals surface area contributed by atoms with Gasteiger partial charge >= 0.3 is 0 Å². The van der Waals surface area contributed by atoms with Gasteiger partial charge in [0.15, 0.2) is 0 Å². The maximum Gasteiger partial charge on any atom is 0.253 e. The van der Waals surface area contributed by atoms with Crippen molar-refractivity contribution in [1.82, 2.24) is 4.90 Å². The monoisotopic (exact) mass is 182 g/mol. The van der Waals surface area contributed by atoms with Crippen LogP contribution in [0.1, 0.15) is 10.4 Å². The quantitative estimate of drug-likeness (QED) is 0.649. The van der Waals surface area contributed by atoms with Crippen molar-refractivity contribution < 1.29 is 4.79 Å². The minimum Gasteiger partial charge on any atom is -0.345 e. The van der Waals surface area contributed by atoms with E-state index in [-0.39, 0.29) is 5.91 Å². The van der Waals surface area contributed by atoms with Gasteiger partial charge in [0.1, 0.15) is 0 Å². The Labute approximate surface area is 76.8 Å². The van der Waals surface area contributed by atoms with Gasteiger partial charge in [-0.05, 0) is 12.1 Å². The molecular formula is C9H9ClNO. The number of nitrogens with zero attached hydrogens (tertiary/aromatic N) is 1. The van der Waals surface area contributed by atoms with Gasteiger partial charge in [0, 0.05) is 30.7 Å². The van der Waals surface area contributed by atoms with Gasteiger partial charge in [0.25, 0.3) is 5.91 Å². The first-order valence-electron chi connectivity index (χ1n) is 3.50. The van der Waals surface area contributed by atoms with Crippen LogP contribution in [-0.4, -0.2) is 24.9 Å². The summed E-state index contributed by atoms with van der Waals surface area (Å²) in [5, 5.41) is 0.461. The van der Waals surface area contributed by atoms with Gasteiger partial charge in [0.05, 0.1) is 0 Å². The third-order valence-corrected chi connectivity index (χ3v) is 1.64. The van der Waals surface area contributed by atoms with Crippen molar-refractivity contribution in [2.24, 2.45) is 0 Å². The van der Waals surface area contributed by atoms with Gasteiger partial charge in [-0.3, -0.25) is 4.79 Å². The van der Waals surface area contributed by atoms with Crippen molar-refractivity contribution in [3.05, 3.63) is 34.9 Å². The van der Waals surface area contributed by atoms with E-state index in [9.17, 15) is 4.79 Å². The van der Waals surface area contributed by atoms with Crippen LogP contribution in [0.4, 0.5) is 0 Å². The average molecular weight is 183 g/mol. The topological polar surface area (TPSA) is 20.3 Å². The van der Waals surface area contributed by atoms with Gasteiger partial charge in [-0.25, -0.2) is 0 Å². The van der Waals surface area contributed by atoms with E-state index < -0.39 is 0 Å². The van der Waals surface area contributed by atoms with Crippen molar-refractivity contribution in [3.63, 3.8) is 0 Å². The van der Waals surface area contributed by atoms with Crippen LogP contribution in [0, 0.1) is 6.07 Å². The molecule has 0 saturated carbocycles. The number of amides is 1. The molecule has 0 bridgehead atoms. The van der Waals surface area contributed by atoms with E-state index in [1.54, 1.807) is 32.3 Å². The molecule has 0 aliphatic heterocycles. The lowest BCUT2D eigenvalue weighted by atomic mass is 10.2. The lowest BCUT2D eigenvalue weighted by molar-refractivity contribution is 0.0827. The van der Waals surface area contributed by atoms with Crippen LogP contribution < -0.4 is 0 Å². The van der Waals surface area contributed by atoms with Crippen molar-refractivity contribution in [2.75, 3.05) is 14.1 Å². The molecule has 3 heteroatoms. The molecule has 12 heavy (non-hydrogen) atoms. The number of hydrogen-bond donors (Lipinski definition) is 0. The third kappa shape index (κ3) is 1.98. The van der Waals surface area contributed by atoms with Crippen LogP contribution in [0.15, 0.2) is 18.2 Å². The molecule has 0 N–H and O–H groups in total. The normalized spacial score (nSPS) is 9.58. The molecule has 0 spiro atoms. The van der Waals surface area contributed by atoms with Gasteiger partial charge in [-0.2, -0.15) is 0 Å². The molecule has 1 radical (unpaired) electrons. The predicted molar refractivity (Wildman–Crippen MR) is 48.3 cm³/mol. The van der Waals surface area contributed by atoms with Crippen LogP contribution in [0.5, 0.6) is 0 Å². The number of carbonyl (C=O) groups is 1. The second-order valence-corrected chi connectivity index (χ2v) is 3.03. The molecule has 0 atom stereocenters. The maximum absolute atomic E-state index is 11.4. The Bertz CT molecular complexity index is 296. The number of hydrogen-bond acceptors (Lipinski definition) is 1. The highest BCUT2D eigenvalue weighted by Crippen LogP contribution is 2.10. The second kappa shape index (κ2) is 3.59. The minimum absolute atomic E-state index is 0.0501. The Morgan fingerprint density at radius 2 is 2.25 bits per heavy atom. The Hall–Kier alpha value is -1.02. The first kappa shape index (κ1) is 9.07. The van der Waals surface area contributed by atoms with E-state index >= 15 is 0 Å². The van der Waals surface area contributed by atoms with Gasteiger partial charge in [-0.15, -0.1) is 0 Å². The van der Waals surface area contributed by atoms with Crippen molar-refractivity contribution in [2.45, 2.75) is 0 Å². The third-order valence-electron chi connectivity index (χ3n) is 1.42. The van der Waals surface area contributed by atoms with E-state index in [1.165, 1.54) is 4.90 Å². The summed E-state index contributed by atoms with van der Waals surface area (Å²) in [5.74, 6) is -0.0501. The number of rotatable bonds is 1. The number of benzene rings is 1. The molecule has 1 aromatic rings. The summed E-state index contributed by atoms with van der Waals surface area (Å²) in [6.45, 7) is 0. The molecular weight excluding hydrogens is 174 g/mol. The number of carbonyl (C=O) groups excluding carboxylic acids is 1. The summed E-state index contributed by atoms with van der Waals surface area (Å²) < 4.78 is 0. The zero-order valence-electron chi connectivity index (χ0n) is 6.97. The SMILES string of the molecule is CN(C)C(=O)c1cc[c]c(Cl)c1. The first-order chi connectivity index (χ1) is 5.61. The van der Waals surface area contributed by atoms with Crippen LogP contribution in [-0.2, 0) is 0 Å². The van der Waals surface area contributed by atoms with Crippen molar-refractivity contribution in [3.8, 4) is 0 Å². The van der Waals surface area contributed by atoms with Gasteiger partial charge < -0.3 is 4.90 Å². The molecule has 2 nitrogen and oxygen atoms in total. The molecule has 63 valence electrons. The molecule has 0 aliphatic carbocycles. The Kier molecular flexibility index (Phi) is 2.71.